The molecule has 0 spiro atoms. The van der Waals surface area contributed by atoms with Gasteiger partial charge in [0.05, 0.1) is 12.8 Å². The van der Waals surface area contributed by atoms with E-state index in [9.17, 15) is 15.0 Å². The zero-order valence-electron chi connectivity index (χ0n) is 12.5. The summed E-state index contributed by atoms with van der Waals surface area (Å²) in [5.41, 5.74) is 5.57. The number of phenols is 1. The van der Waals surface area contributed by atoms with E-state index in [1.165, 1.54) is 6.21 Å². The molecule has 5 heteroatoms. The lowest BCUT2D eigenvalue weighted by atomic mass is 10.0. The maximum Gasteiger partial charge on any atom is 0.271 e. The summed E-state index contributed by atoms with van der Waals surface area (Å²) in [6.07, 6.45) is 1.33. The van der Waals surface area contributed by atoms with Crippen LogP contribution in [0.3, 0.4) is 0 Å². The van der Waals surface area contributed by atoms with E-state index in [2.05, 4.69) is 10.5 Å². The number of rotatable bonds is 4. The quantitative estimate of drug-likeness (QED) is 0.598. The smallest absolute Gasteiger partial charge is 0.271 e. The molecule has 0 bridgehead atoms. The van der Waals surface area contributed by atoms with Crippen molar-refractivity contribution in [1.29, 1.82) is 0 Å². The summed E-state index contributed by atoms with van der Waals surface area (Å²) in [5.74, 6) is -0.297. The molecule has 0 saturated heterocycles. The molecule has 0 aliphatic rings. The normalized spacial score (nSPS) is 10.9. The molecule has 22 heavy (non-hydrogen) atoms. The van der Waals surface area contributed by atoms with Gasteiger partial charge in [0, 0.05) is 11.1 Å². The number of aryl methyl sites for hydroxylation is 2. The van der Waals surface area contributed by atoms with Crippen LogP contribution in [0.15, 0.2) is 41.5 Å². The Morgan fingerprint density at radius 3 is 2.50 bits per heavy atom. The molecule has 2 aromatic carbocycles. The number of nitrogens with one attached hydrogen (secondary N) is 1. The maximum atomic E-state index is 11.9. The van der Waals surface area contributed by atoms with Crippen molar-refractivity contribution in [2.24, 2.45) is 5.10 Å². The molecule has 0 saturated carbocycles. The number of benzene rings is 2. The summed E-state index contributed by atoms with van der Waals surface area (Å²) < 4.78 is 0. The van der Waals surface area contributed by atoms with Crippen LogP contribution in [-0.4, -0.2) is 22.3 Å². The van der Waals surface area contributed by atoms with Gasteiger partial charge in [-0.3, -0.25) is 4.79 Å². The van der Waals surface area contributed by atoms with E-state index in [0.717, 1.165) is 5.56 Å². The Kier molecular flexibility index (Phi) is 4.91. The number of hydrogen-bond acceptors (Lipinski definition) is 4. The van der Waals surface area contributed by atoms with Crippen LogP contribution in [0.25, 0.3) is 0 Å². The Bertz CT molecular complexity index is 707. The summed E-state index contributed by atoms with van der Waals surface area (Å²) in [5, 5.41) is 23.1. The molecule has 0 aliphatic heterocycles. The maximum absolute atomic E-state index is 11.9. The van der Waals surface area contributed by atoms with Crippen molar-refractivity contribution in [3.63, 3.8) is 0 Å². The molecule has 0 fully saturated rings. The highest BCUT2D eigenvalue weighted by Crippen LogP contribution is 2.23. The summed E-state index contributed by atoms with van der Waals surface area (Å²) in [4.78, 5) is 11.9. The lowest BCUT2D eigenvalue weighted by Crippen LogP contribution is -2.17. The molecule has 0 aromatic heterocycles. The fraction of sp³-hybridized carbons (Fsp3) is 0.176. The van der Waals surface area contributed by atoms with Gasteiger partial charge in [0.1, 0.15) is 5.75 Å². The fourth-order valence-corrected chi connectivity index (χ4v) is 1.97. The van der Waals surface area contributed by atoms with Gasteiger partial charge >= 0.3 is 0 Å². The summed E-state index contributed by atoms with van der Waals surface area (Å²) in [7, 11) is 0. The zero-order chi connectivity index (χ0) is 16.1. The largest absolute Gasteiger partial charge is 0.507 e. The van der Waals surface area contributed by atoms with Crippen LogP contribution in [0.5, 0.6) is 5.75 Å². The van der Waals surface area contributed by atoms with Crippen LogP contribution < -0.4 is 5.43 Å². The van der Waals surface area contributed by atoms with Crippen LogP contribution in [-0.2, 0) is 6.61 Å². The zero-order valence-corrected chi connectivity index (χ0v) is 12.5. The number of aromatic hydroxyl groups is 1. The molecular weight excluding hydrogens is 280 g/mol. The first-order valence-electron chi connectivity index (χ1n) is 6.85. The lowest BCUT2D eigenvalue weighted by molar-refractivity contribution is 0.0955. The number of nitrogens with zero attached hydrogens (tertiary/aromatic N) is 1. The van der Waals surface area contributed by atoms with Gasteiger partial charge in [-0.2, -0.15) is 5.10 Å². The van der Waals surface area contributed by atoms with Gasteiger partial charge in [0.2, 0.25) is 0 Å². The number of amides is 1. The van der Waals surface area contributed by atoms with Gasteiger partial charge in [0.15, 0.2) is 0 Å². The first-order chi connectivity index (χ1) is 10.5. The van der Waals surface area contributed by atoms with Crippen molar-refractivity contribution in [3.05, 3.63) is 64.2 Å². The Morgan fingerprint density at radius 2 is 1.86 bits per heavy atom. The molecule has 0 aliphatic carbocycles. The monoisotopic (exact) mass is 298 g/mol. The third-order valence-corrected chi connectivity index (χ3v) is 3.35. The van der Waals surface area contributed by atoms with Crippen LogP contribution in [0.2, 0.25) is 0 Å². The van der Waals surface area contributed by atoms with E-state index in [4.69, 9.17) is 0 Å². The average Bonchev–Trinajstić information content (AvgIpc) is 2.52. The lowest BCUT2D eigenvalue weighted by Gasteiger charge is -2.08. The Labute approximate surface area is 128 Å². The van der Waals surface area contributed by atoms with E-state index in [0.29, 0.717) is 22.3 Å². The summed E-state index contributed by atoms with van der Waals surface area (Å²) in [6.45, 7) is 3.47. The molecule has 3 N–H and O–H groups in total. The Hall–Kier alpha value is -2.66. The van der Waals surface area contributed by atoms with Gasteiger partial charge < -0.3 is 10.2 Å². The number of aliphatic hydroxyl groups is 1. The molecule has 5 nitrogen and oxygen atoms in total. The van der Waals surface area contributed by atoms with Gasteiger partial charge in [-0.25, -0.2) is 5.43 Å². The van der Waals surface area contributed by atoms with Crippen molar-refractivity contribution in [1.82, 2.24) is 5.43 Å². The molecule has 0 unspecified atom stereocenters. The van der Waals surface area contributed by atoms with E-state index < -0.39 is 0 Å². The molecule has 0 radical (unpaired) electrons. The van der Waals surface area contributed by atoms with Crippen molar-refractivity contribution < 1.29 is 15.0 Å². The van der Waals surface area contributed by atoms with Crippen molar-refractivity contribution >= 4 is 12.1 Å². The third-order valence-electron chi connectivity index (χ3n) is 3.35. The highest BCUT2D eigenvalue weighted by molar-refractivity contribution is 5.95. The van der Waals surface area contributed by atoms with Crippen molar-refractivity contribution in [3.8, 4) is 5.75 Å². The highest BCUT2D eigenvalue weighted by Gasteiger charge is 2.08. The van der Waals surface area contributed by atoms with Crippen molar-refractivity contribution in [2.75, 3.05) is 0 Å². The Morgan fingerprint density at radius 1 is 1.18 bits per heavy atom. The SMILES string of the molecule is Cc1ccc(C(=O)N/N=C\c2c(CO)ccc(C)c2O)cc1. The highest BCUT2D eigenvalue weighted by atomic mass is 16.3. The molecule has 114 valence electrons. The topological polar surface area (TPSA) is 81.9 Å². The number of carbonyl (C=O) groups is 1. The number of aliphatic hydroxyl groups excluding tert-OH is 1. The molecule has 1 amide bonds. The second-order valence-electron chi connectivity index (χ2n) is 5.03. The van der Waals surface area contributed by atoms with Crippen molar-refractivity contribution in [2.45, 2.75) is 20.5 Å². The van der Waals surface area contributed by atoms with Crippen LogP contribution >= 0.6 is 0 Å². The number of carbonyl (C=O) groups excluding carboxylic acids is 1. The summed E-state index contributed by atoms with van der Waals surface area (Å²) in [6, 6.07) is 10.5. The van der Waals surface area contributed by atoms with Crippen LogP contribution in [0, 0.1) is 13.8 Å². The number of hydrogen-bond donors (Lipinski definition) is 3. The minimum atomic E-state index is -0.339. The second kappa shape index (κ2) is 6.87. The van der Waals surface area contributed by atoms with Gasteiger partial charge in [-0.15, -0.1) is 0 Å². The minimum Gasteiger partial charge on any atom is -0.507 e. The molecule has 0 heterocycles. The molecular formula is C17H18N2O3. The van der Waals surface area contributed by atoms with Crippen LogP contribution in [0.1, 0.15) is 32.6 Å². The molecule has 0 atom stereocenters. The minimum absolute atomic E-state index is 0.0416. The Balaban J connectivity index is 2.14. The molecule has 2 rings (SSSR count). The summed E-state index contributed by atoms with van der Waals surface area (Å²) >= 11 is 0. The average molecular weight is 298 g/mol. The third kappa shape index (κ3) is 3.51. The van der Waals surface area contributed by atoms with E-state index >= 15 is 0 Å². The van der Waals surface area contributed by atoms with E-state index in [-0.39, 0.29) is 18.3 Å². The van der Waals surface area contributed by atoms with Crippen LogP contribution in [0.4, 0.5) is 0 Å². The van der Waals surface area contributed by atoms with Gasteiger partial charge in [-0.1, -0.05) is 29.8 Å². The van der Waals surface area contributed by atoms with Gasteiger partial charge in [-0.05, 0) is 37.1 Å². The fourth-order valence-electron chi connectivity index (χ4n) is 1.97. The predicted molar refractivity (Wildman–Crippen MR) is 85.0 cm³/mol. The first-order valence-corrected chi connectivity index (χ1v) is 6.85. The second-order valence-corrected chi connectivity index (χ2v) is 5.03. The van der Waals surface area contributed by atoms with E-state index in [1.807, 2.05) is 19.1 Å². The first kappa shape index (κ1) is 15.7. The molecule has 2 aromatic rings. The van der Waals surface area contributed by atoms with Gasteiger partial charge in [0.25, 0.3) is 5.91 Å². The van der Waals surface area contributed by atoms with E-state index in [1.54, 1.807) is 31.2 Å². The predicted octanol–water partition coefficient (Wildman–Crippen LogP) is 2.27. The standard InChI is InChI=1S/C17H18N2O3/c1-11-3-6-13(7-4-11)17(22)19-18-9-15-14(10-20)8-5-12(2)16(15)21/h3-9,20-21H,10H2,1-2H3,(H,19,22)/b18-9-. The number of phenolic OH excluding ortho intramolecular Hbond substituents is 1. The number of hydrazone groups is 1.